The number of nitrogens with zero attached hydrogens (tertiary/aromatic N) is 2. The van der Waals surface area contributed by atoms with E-state index in [2.05, 4.69) is 5.32 Å². The minimum atomic E-state index is -0.260. The molecule has 0 aliphatic carbocycles. The van der Waals surface area contributed by atoms with Crippen molar-refractivity contribution in [1.82, 2.24) is 9.55 Å². The molecule has 0 saturated heterocycles. The van der Waals surface area contributed by atoms with Gasteiger partial charge in [0.2, 0.25) is 0 Å². The van der Waals surface area contributed by atoms with Gasteiger partial charge in [-0.15, -0.1) is 0 Å². The van der Waals surface area contributed by atoms with E-state index in [1.54, 1.807) is 6.07 Å². The number of hydrogen-bond donors (Lipinski definition) is 1. The summed E-state index contributed by atoms with van der Waals surface area (Å²) >= 11 is 0. The minimum Gasteiger partial charge on any atom is -0.459 e. The number of carbonyl (C=O) groups is 1. The van der Waals surface area contributed by atoms with E-state index in [-0.39, 0.29) is 5.91 Å². The summed E-state index contributed by atoms with van der Waals surface area (Å²) < 4.78 is 7.29. The highest BCUT2D eigenvalue weighted by Gasteiger charge is 2.14. The molecule has 0 saturated carbocycles. The number of benzene rings is 2. The molecule has 1 amide bonds. The maximum atomic E-state index is 12.3. The first kappa shape index (κ1) is 15.2. The lowest BCUT2D eigenvalue weighted by molar-refractivity contribution is 0.0996. The molecule has 0 aliphatic heterocycles. The van der Waals surface area contributed by atoms with Gasteiger partial charge in [0, 0.05) is 23.9 Å². The second-order valence-electron chi connectivity index (χ2n) is 5.95. The maximum absolute atomic E-state index is 12.3. The van der Waals surface area contributed by atoms with Crippen LogP contribution in [0.5, 0.6) is 0 Å². The molecule has 0 unspecified atom stereocenters. The SMILES string of the molecule is Cc1ccoc1C(=O)Nc1cccc(-c2nc3ccccc3n2C)c1. The van der Waals surface area contributed by atoms with Gasteiger partial charge in [0.1, 0.15) is 5.82 Å². The summed E-state index contributed by atoms with van der Waals surface area (Å²) in [5.74, 6) is 0.921. The largest absolute Gasteiger partial charge is 0.459 e. The molecule has 1 N–H and O–H groups in total. The first-order chi connectivity index (χ1) is 12.1. The second-order valence-corrected chi connectivity index (χ2v) is 5.95. The molecular formula is C20H17N3O2. The topological polar surface area (TPSA) is 60.1 Å². The Morgan fingerprint density at radius 2 is 1.96 bits per heavy atom. The van der Waals surface area contributed by atoms with Crippen LogP contribution in [0.3, 0.4) is 0 Å². The third kappa shape index (κ3) is 2.70. The highest BCUT2D eigenvalue weighted by Crippen LogP contribution is 2.26. The van der Waals surface area contributed by atoms with E-state index in [4.69, 9.17) is 9.40 Å². The number of nitrogens with one attached hydrogen (secondary N) is 1. The zero-order chi connectivity index (χ0) is 17.4. The third-order valence-corrected chi connectivity index (χ3v) is 4.23. The van der Waals surface area contributed by atoms with Gasteiger partial charge >= 0.3 is 0 Å². The molecule has 2 aromatic carbocycles. The number of amides is 1. The van der Waals surface area contributed by atoms with Gasteiger partial charge in [-0.1, -0.05) is 24.3 Å². The smallest absolute Gasteiger partial charge is 0.291 e. The number of furan rings is 1. The molecule has 0 bridgehead atoms. The fourth-order valence-corrected chi connectivity index (χ4v) is 2.93. The number of fused-ring (bicyclic) bond motifs is 1. The second kappa shape index (κ2) is 5.94. The predicted molar refractivity (Wildman–Crippen MR) is 97.5 cm³/mol. The van der Waals surface area contributed by atoms with Crippen molar-refractivity contribution >= 4 is 22.6 Å². The number of para-hydroxylation sites is 2. The number of aromatic nitrogens is 2. The van der Waals surface area contributed by atoms with Gasteiger partial charge in [0.25, 0.3) is 5.91 Å². The number of carbonyl (C=O) groups excluding carboxylic acids is 1. The van der Waals surface area contributed by atoms with Crippen LogP contribution in [0.4, 0.5) is 5.69 Å². The zero-order valence-electron chi connectivity index (χ0n) is 14.0. The molecule has 0 fully saturated rings. The van der Waals surface area contributed by atoms with Crippen molar-refractivity contribution in [3.8, 4) is 11.4 Å². The molecule has 0 spiro atoms. The van der Waals surface area contributed by atoms with Crippen molar-refractivity contribution in [2.45, 2.75) is 6.92 Å². The summed E-state index contributed by atoms with van der Waals surface area (Å²) in [4.78, 5) is 17.0. The van der Waals surface area contributed by atoms with Gasteiger partial charge in [-0.2, -0.15) is 0 Å². The highest BCUT2D eigenvalue weighted by molar-refractivity contribution is 6.03. The Hall–Kier alpha value is -3.34. The van der Waals surface area contributed by atoms with E-state index in [9.17, 15) is 4.79 Å². The van der Waals surface area contributed by atoms with Crippen LogP contribution in [0, 0.1) is 6.92 Å². The van der Waals surface area contributed by atoms with Crippen LogP contribution in [0.2, 0.25) is 0 Å². The monoisotopic (exact) mass is 331 g/mol. The molecular weight excluding hydrogens is 314 g/mol. The van der Waals surface area contributed by atoms with Crippen LogP contribution < -0.4 is 5.32 Å². The van der Waals surface area contributed by atoms with E-state index in [0.717, 1.165) is 28.0 Å². The van der Waals surface area contributed by atoms with E-state index in [0.29, 0.717) is 11.4 Å². The maximum Gasteiger partial charge on any atom is 0.291 e. The van der Waals surface area contributed by atoms with Crippen LogP contribution in [-0.2, 0) is 7.05 Å². The van der Waals surface area contributed by atoms with Crippen LogP contribution in [0.25, 0.3) is 22.4 Å². The minimum absolute atomic E-state index is 0.260. The molecule has 25 heavy (non-hydrogen) atoms. The Balaban J connectivity index is 1.68. The number of hydrogen-bond acceptors (Lipinski definition) is 3. The van der Waals surface area contributed by atoms with E-state index >= 15 is 0 Å². The standard InChI is InChI=1S/C20H17N3O2/c1-13-10-11-25-18(13)20(24)21-15-7-5-6-14(12-15)19-22-16-8-3-4-9-17(16)23(19)2/h3-12H,1-2H3,(H,21,24). The van der Waals surface area contributed by atoms with Crippen LogP contribution in [0.1, 0.15) is 16.1 Å². The molecule has 4 aromatic rings. The molecule has 5 heteroatoms. The number of aryl methyl sites for hydroxylation is 2. The van der Waals surface area contributed by atoms with Gasteiger partial charge < -0.3 is 14.3 Å². The molecule has 124 valence electrons. The average molecular weight is 331 g/mol. The lowest BCUT2D eigenvalue weighted by atomic mass is 10.2. The van der Waals surface area contributed by atoms with E-state index in [1.165, 1.54) is 6.26 Å². The predicted octanol–water partition coefficient (Wildman–Crippen LogP) is 4.39. The summed E-state index contributed by atoms with van der Waals surface area (Å²) in [7, 11) is 1.99. The Morgan fingerprint density at radius 3 is 2.72 bits per heavy atom. The zero-order valence-corrected chi connectivity index (χ0v) is 14.0. The number of anilines is 1. The normalized spacial score (nSPS) is 11.0. The van der Waals surface area contributed by atoms with Crippen LogP contribution in [-0.4, -0.2) is 15.5 Å². The van der Waals surface area contributed by atoms with Gasteiger partial charge in [0.15, 0.2) is 5.76 Å². The lowest BCUT2D eigenvalue weighted by Gasteiger charge is -2.07. The van der Waals surface area contributed by atoms with Crippen molar-refractivity contribution in [3.63, 3.8) is 0 Å². The Labute approximate surface area is 144 Å². The van der Waals surface area contributed by atoms with Crippen molar-refractivity contribution in [2.24, 2.45) is 7.05 Å². The van der Waals surface area contributed by atoms with E-state index < -0.39 is 0 Å². The number of rotatable bonds is 3. The fourth-order valence-electron chi connectivity index (χ4n) is 2.93. The molecule has 4 rings (SSSR count). The fraction of sp³-hybridized carbons (Fsp3) is 0.100. The van der Waals surface area contributed by atoms with Crippen LogP contribution >= 0.6 is 0 Å². The van der Waals surface area contributed by atoms with Gasteiger partial charge in [-0.05, 0) is 37.3 Å². The molecule has 0 atom stereocenters. The quantitative estimate of drug-likeness (QED) is 0.605. The first-order valence-electron chi connectivity index (χ1n) is 8.01. The Kier molecular flexibility index (Phi) is 3.61. The summed E-state index contributed by atoms with van der Waals surface area (Å²) in [6.45, 7) is 1.84. The molecule has 0 radical (unpaired) electrons. The highest BCUT2D eigenvalue weighted by atomic mass is 16.3. The van der Waals surface area contributed by atoms with Crippen LogP contribution in [0.15, 0.2) is 65.3 Å². The lowest BCUT2D eigenvalue weighted by Crippen LogP contribution is -2.12. The Bertz CT molecular complexity index is 1080. The van der Waals surface area contributed by atoms with Crippen molar-refractivity contribution in [1.29, 1.82) is 0 Å². The van der Waals surface area contributed by atoms with Gasteiger partial charge in [0.05, 0.1) is 17.3 Å². The van der Waals surface area contributed by atoms with Gasteiger partial charge in [-0.25, -0.2) is 4.98 Å². The van der Waals surface area contributed by atoms with Gasteiger partial charge in [-0.3, -0.25) is 4.79 Å². The summed E-state index contributed by atoms with van der Waals surface area (Å²) in [5.41, 5.74) is 4.46. The van der Waals surface area contributed by atoms with Crippen molar-refractivity contribution in [3.05, 3.63) is 72.2 Å². The van der Waals surface area contributed by atoms with Crippen molar-refractivity contribution in [2.75, 3.05) is 5.32 Å². The summed E-state index contributed by atoms with van der Waals surface area (Å²) in [5, 5.41) is 2.88. The third-order valence-electron chi connectivity index (χ3n) is 4.23. The molecule has 5 nitrogen and oxygen atoms in total. The number of imidazole rings is 1. The molecule has 0 aliphatic rings. The Morgan fingerprint density at radius 1 is 1.12 bits per heavy atom. The van der Waals surface area contributed by atoms with Crippen molar-refractivity contribution < 1.29 is 9.21 Å². The van der Waals surface area contributed by atoms with E-state index in [1.807, 2.05) is 67.1 Å². The summed E-state index contributed by atoms with van der Waals surface area (Å²) in [6.07, 6.45) is 1.51. The molecule has 2 heterocycles. The summed E-state index contributed by atoms with van der Waals surface area (Å²) in [6, 6.07) is 17.4. The average Bonchev–Trinajstić information content (AvgIpc) is 3.19. The first-order valence-corrected chi connectivity index (χ1v) is 8.01. The molecule has 2 aromatic heterocycles.